The van der Waals surface area contributed by atoms with E-state index in [1.54, 1.807) is 39.6 Å². The topological polar surface area (TPSA) is 82.0 Å². The molecule has 5 rings (SSSR count). The number of rotatable bonds is 6. The fraction of sp³-hybridized carbons (Fsp3) is 0.261. The molecule has 2 aromatic heterocycles. The summed E-state index contributed by atoms with van der Waals surface area (Å²) in [6.45, 7) is 1.11. The molecule has 0 saturated heterocycles. The molecule has 0 bridgehead atoms. The molecule has 0 aliphatic heterocycles. The highest BCUT2D eigenvalue weighted by Gasteiger charge is 2.20. The van der Waals surface area contributed by atoms with E-state index in [0.717, 1.165) is 17.6 Å². The molecule has 0 atom stereocenters. The highest BCUT2D eigenvalue weighted by atomic mass is 35.5. The number of fused-ring (bicyclic) bond motifs is 1. The van der Waals surface area contributed by atoms with Gasteiger partial charge in [0.1, 0.15) is 0 Å². The zero-order valence-corrected chi connectivity index (χ0v) is 17.5. The average Bonchev–Trinajstić information content (AvgIpc) is 3.27. The minimum Gasteiger partial charge on any atom is -0.478 e. The van der Waals surface area contributed by atoms with E-state index >= 15 is 0 Å². The number of carbonyl (C=O) groups is 1. The number of aromatic carboxylic acids is 1. The predicted molar refractivity (Wildman–Crippen MR) is 118 cm³/mol. The number of carboxylic acid groups (broad SMARTS) is 1. The minimum absolute atomic E-state index is 0.189. The molecule has 2 aromatic carbocycles. The standard InChI is InChI=1S/C23H21ClN4O3/c24-18-7-8-20-21(10-18)28(19-11-25-26(14-19)12-15-3-1-4-15)23(31)27(20)13-16-5-2-6-17(9-16)22(29)30/h2,5-11,14-15H,1,3-4,12-13H2,(H,29,30). The smallest absolute Gasteiger partial charge is 0.335 e. The molecule has 8 heteroatoms. The molecule has 0 spiro atoms. The second-order valence-electron chi connectivity index (χ2n) is 8.06. The van der Waals surface area contributed by atoms with Crippen LogP contribution in [0.5, 0.6) is 0 Å². The van der Waals surface area contributed by atoms with Crippen molar-refractivity contribution in [1.82, 2.24) is 18.9 Å². The first-order chi connectivity index (χ1) is 15.0. The molecular weight excluding hydrogens is 416 g/mol. The van der Waals surface area contributed by atoms with Gasteiger partial charge >= 0.3 is 11.7 Å². The average molecular weight is 437 g/mol. The molecule has 1 saturated carbocycles. The Balaban J connectivity index is 1.59. The Morgan fingerprint density at radius 3 is 2.74 bits per heavy atom. The molecule has 0 radical (unpaired) electrons. The molecule has 2 heterocycles. The Morgan fingerprint density at radius 2 is 2.00 bits per heavy atom. The number of aromatic nitrogens is 4. The lowest BCUT2D eigenvalue weighted by molar-refractivity contribution is 0.0696. The lowest BCUT2D eigenvalue weighted by Crippen LogP contribution is -2.23. The first-order valence-electron chi connectivity index (χ1n) is 10.3. The van der Waals surface area contributed by atoms with Gasteiger partial charge in [-0.25, -0.2) is 9.59 Å². The molecule has 4 aromatic rings. The lowest BCUT2D eigenvalue weighted by atomic mass is 9.85. The van der Waals surface area contributed by atoms with E-state index in [2.05, 4.69) is 5.10 Å². The van der Waals surface area contributed by atoms with Crippen molar-refractivity contribution in [2.45, 2.75) is 32.4 Å². The van der Waals surface area contributed by atoms with Gasteiger partial charge in [0.15, 0.2) is 0 Å². The molecule has 0 unspecified atom stereocenters. The van der Waals surface area contributed by atoms with Gasteiger partial charge in [-0.1, -0.05) is 30.2 Å². The van der Waals surface area contributed by atoms with Crippen LogP contribution in [0.2, 0.25) is 5.02 Å². The third kappa shape index (κ3) is 3.65. The maximum Gasteiger partial charge on any atom is 0.335 e. The number of halogens is 1. The number of imidazole rings is 1. The van der Waals surface area contributed by atoms with Gasteiger partial charge in [-0.05, 0) is 54.7 Å². The lowest BCUT2D eigenvalue weighted by Gasteiger charge is -2.24. The van der Waals surface area contributed by atoms with Gasteiger partial charge in [0, 0.05) is 17.8 Å². The van der Waals surface area contributed by atoms with Gasteiger partial charge < -0.3 is 5.11 Å². The Morgan fingerprint density at radius 1 is 1.16 bits per heavy atom. The van der Waals surface area contributed by atoms with Crippen molar-refractivity contribution in [2.75, 3.05) is 0 Å². The van der Waals surface area contributed by atoms with Crippen molar-refractivity contribution in [1.29, 1.82) is 0 Å². The largest absolute Gasteiger partial charge is 0.478 e. The fourth-order valence-corrected chi connectivity index (χ4v) is 4.29. The fourth-order valence-electron chi connectivity index (χ4n) is 4.13. The molecule has 1 aliphatic carbocycles. The molecule has 1 fully saturated rings. The van der Waals surface area contributed by atoms with Gasteiger partial charge in [-0.2, -0.15) is 5.10 Å². The Hall–Kier alpha value is -3.32. The summed E-state index contributed by atoms with van der Waals surface area (Å²) in [4.78, 5) is 24.8. The SMILES string of the molecule is O=C(O)c1cccc(Cn2c(=O)n(-c3cnn(CC4CCC4)c3)c3cc(Cl)ccc32)c1. The summed E-state index contributed by atoms with van der Waals surface area (Å²) in [5, 5.41) is 14.3. The zero-order valence-electron chi connectivity index (χ0n) is 16.7. The van der Waals surface area contributed by atoms with Crippen molar-refractivity contribution in [3.05, 3.63) is 81.5 Å². The first-order valence-corrected chi connectivity index (χ1v) is 10.6. The quantitative estimate of drug-likeness (QED) is 0.491. The molecular formula is C23H21ClN4O3. The van der Waals surface area contributed by atoms with Crippen molar-refractivity contribution in [2.24, 2.45) is 5.92 Å². The summed E-state index contributed by atoms with van der Waals surface area (Å²) in [7, 11) is 0. The summed E-state index contributed by atoms with van der Waals surface area (Å²) in [5.41, 5.74) is 2.80. The molecule has 7 nitrogen and oxygen atoms in total. The van der Waals surface area contributed by atoms with Gasteiger partial charge in [0.25, 0.3) is 0 Å². The monoisotopic (exact) mass is 436 g/mol. The van der Waals surface area contributed by atoms with E-state index in [4.69, 9.17) is 11.6 Å². The second-order valence-corrected chi connectivity index (χ2v) is 8.50. The van der Waals surface area contributed by atoms with Crippen LogP contribution in [-0.4, -0.2) is 30.0 Å². The zero-order chi connectivity index (χ0) is 21.5. The van der Waals surface area contributed by atoms with E-state index in [1.165, 1.54) is 25.3 Å². The number of benzene rings is 2. The summed E-state index contributed by atoms with van der Waals surface area (Å²) in [6.07, 6.45) is 7.32. The van der Waals surface area contributed by atoms with Crippen LogP contribution in [0.15, 0.2) is 59.7 Å². The van der Waals surface area contributed by atoms with Gasteiger partial charge in [0.05, 0.1) is 35.0 Å². The van der Waals surface area contributed by atoms with Crippen LogP contribution >= 0.6 is 11.6 Å². The van der Waals surface area contributed by atoms with Gasteiger partial charge in [-0.3, -0.25) is 13.8 Å². The second kappa shape index (κ2) is 7.74. The Labute approximate surface area is 183 Å². The van der Waals surface area contributed by atoms with Crippen molar-refractivity contribution in [3.8, 4) is 5.69 Å². The number of hydrogen-bond donors (Lipinski definition) is 1. The first kappa shape index (κ1) is 19.6. The van der Waals surface area contributed by atoms with Gasteiger partial charge in [-0.15, -0.1) is 0 Å². The number of nitrogens with zero attached hydrogens (tertiary/aromatic N) is 4. The molecule has 158 valence electrons. The van der Waals surface area contributed by atoms with Crippen molar-refractivity contribution < 1.29 is 9.90 Å². The summed E-state index contributed by atoms with van der Waals surface area (Å²) < 4.78 is 5.15. The van der Waals surface area contributed by atoms with Gasteiger partial charge in [0.2, 0.25) is 0 Å². The number of carboxylic acids is 1. The third-order valence-electron chi connectivity index (χ3n) is 5.95. The molecule has 31 heavy (non-hydrogen) atoms. The van der Waals surface area contributed by atoms with Crippen LogP contribution in [0.3, 0.4) is 0 Å². The normalized spacial score (nSPS) is 14.1. The van der Waals surface area contributed by atoms with Crippen molar-refractivity contribution in [3.63, 3.8) is 0 Å². The van der Waals surface area contributed by atoms with E-state index in [0.29, 0.717) is 22.1 Å². The minimum atomic E-state index is -0.998. The van der Waals surface area contributed by atoms with Crippen LogP contribution in [0, 0.1) is 5.92 Å². The highest BCUT2D eigenvalue weighted by Crippen LogP contribution is 2.28. The number of hydrogen-bond acceptors (Lipinski definition) is 3. The maximum absolute atomic E-state index is 13.5. The molecule has 0 amide bonds. The van der Waals surface area contributed by atoms with Crippen LogP contribution < -0.4 is 5.69 Å². The third-order valence-corrected chi connectivity index (χ3v) is 6.19. The summed E-state index contributed by atoms with van der Waals surface area (Å²) in [6, 6.07) is 12.0. The highest BCUT2D eigenvalue weighted by molar-refractivity contribution is 6.31. The van der Waals surface area contributed by atoms with Crippen molar-refractivity contribution >= 4 is 28.6 Å². The van der Waals surface area contributed by atoms with Crippen LogP contribution in [0.4, 0.5) is 0 Å². The predicted octanol–water partition coefficient (Wildman–Crippen LogP) is 4.19. The van der Waals surface area contributed by atoms with E-state index in [-0.39, 0.29) is 17.8 Å². The van der Waals surface area contributed by atoms with E-state index < -0.39 is 5.97 Å². The maximum atomic E-state index is 13.5. The Bertz CT molecular complexity index is 1350. The van der Waals surface area contributed by atoms with Crippen LogP contribution in [-0.2, 0) is 13.1 Å². The van der Waals surface area contributed by atoms with E-state index in [1.807, 2.05) is 23.0 Å². The van der Waals surface area contributed by atoms with Crippen LogP contribution in [0.1, 0.15) is 35.2 Å². The Kier molecular flexibility index (Phi) is 4.90. The molecule has 1 aliphatic rings. The van der Waals surface area contributed by atoms with Crippen LogP contribution in [0.25, 0.3) is 16.7 Å². The van der Waals surface area contributed by atoms with E-state index in [9.17, 15) is 14.7 Å². The summed E-state index contributed by atoms with van der Waals surface area (Å²) >= 11 is 6.25. The summed E-state index contributed by atoms with van der Waals surface area (Å²) in [5.74, 6) is -0.343. The molecule has 1 N–H and O–H groups in total.